The fourth-order valence-corrected chi connectivity index (χ4v) is 4.45. The molecular weight excluding hydrogens is 389 g/mol. The van der Waals surface area contributed by atoms with Crippen molar-refractivity contribution in [3.05, 3.63) is 71.7 Å². The standard InChI is InChI=1S/C26H32FN3O/c1-3-19(2)28-26(31)21-11-13-29(14-12-21)18-24-16-22-8-4-5-10-25(22)30(24)17-20-7-6-9-23(27)15-20/h4-10,15-16,19,21H,3,11-14,17-18H2,1-2H3,(H,28,31)/t19-/m0/s1. The van der Waals surface area contributed by atoms with Gasteiger partial charge in [0.15, 0.2) is 0 Å². The summed E-state index contributed by atoms with van der Waals surface area (Å²) in [6.45, 7) is 7.47. The molecule has 0 radical (unpaired) electrons. The lowest BCUT2D eigenvalue weighted by molar-refractivity contribution is -0.127. The van der Waals surface area contributed by atoms with Crippen LogP contribution >= 0.6 is 0 Å². The average Bonchev–Trinajstić information content (AvgIpc) is 3.11. The molecule has 0 spiro atoms. The van der Waals surface area contributed by atoms with Crippen LogP contribution in [0.1, 0.15) is 44.4 Å². The summed E-state index contributed by atoms with van der Waals surface area (Å²) in [5.74, 6) is 0.117. The molecule has 31 heavy (non-hydrogen) atoms. The largest absolute Gasteiger partial charge is 0.353 e. The highest BCUT2D eigenvalue weighted by molar-refractivity contribution is 5.81. The molecule has 1 fully saturated rings. The Labute approximate surface area is 184 Å². The van der Waals surface area contributed by atoms with Crippen LogP contribution in [0.15, 0.2) is 54.6 Å². The number of halogens is 1. The molecule has 5 heteroatoms. The molecule has 4 nitrogen and oxygen atoms in total. The van der Waals surface area contributed by atoms with Gasteiger partial charge in [-0.05, 0) is 74.5 Å². The Kier molecular flexibility index (Phi) is 6.71. The van der Waals surface area contributed by atoms with Crippen LogP contribution in [0.4, 0.5) is 4.39 Å². The lowest BCUT2D eigenvalue weighted by Gasteiger charge is -2.32. The van der Waals surface area contributed by atoms with Gasteiger partial charge >= 0.3 is 0 Å². The number of hydrogen-bond donors (Lipinski definition) is 1. The molecule has 4 rings (SSSR count). The van der Waals surface area contributed by atoms with E-state index in [0.717, 1.165) is 44.5 Å². The van der Waals surface area contributed by atoms with Crippen molar-refractivity contribution in [3.8, 4) is 0 Å². The van der Waals surface area contributed by atoms with Crippen LogP contribution in [0.5, 0.6) is 0 Å². The predicted octanol–water partition coefficient (Wildman–Crippen LogP) is 4.96. The van der Waals surface area contributed by atoms with Gasteiger partial charge in [0.05, 0.1) is 0 Å². The summed E-state index contributed by atoms with van der Waals surface area (Å²) in [7, 11) is 0. The van der Waals surface area contributed by atoms with Gasteiger partial charge in [-0.3, -0.25) is 9.69 Å². The van der Waals surface area contributed by atoms with Crippen molar-refractivity contribution in [1.29, 1.82) is 0 Å². The zero-order chi connectivity index (χ0) is 21.8. The first kappa shape index (κ1) is 21.6. The number of fused-ring (bicyclic) bond motifs is 1. The monoisotopic (exact) mass is 421 g/mol. The third kappa shape index (κ3) is 5.16. The van der Waals surface area contributed by atoms with Crippen LogP contribution in [0.2, 0.25) is 0 Å². The van der Waals surface area contributed by atoms with E-state index in [1.807, 2.05) is 6.07 Å². The van der Waals surface area contributed by atoms with Crippen LogP contribution in [0.25, 0.3) is 10.9 Å². The Morgan fingerprint density at radius 2 is 1.87 bits per heavy atom. The number of nitrogens with zero attached hydrogens (tertiary/aromatic N) is 2. The van der Waals surface area contributed by atoms with E-state index < -0.39 is 0 Å². The molecule has 1 amide bonds. The van der Waals surface area contributed by atoms with Crippen molar-refractivity contribution < 1.29 is 9.18 Å². The zero-order valence-corrected chi connectivity index (χ0v) is 18.5. The molecule has 3 aromatic rings. The van der Waals surface area contributed by atoms with Crippen molar-refractivity contribution in [2.24, 2.45) is 5.92 Å². The topological polar surface area (TPSA) is 37.3 Å². The van der Waals surface area contributed by atoms with Gasteiger partial charge in [-0.1, -0.05) is 37.3 Å². The molecule has 1 atom stereocenters. The summed E-state index contributed by atoms with van der Waals surface area (Å²) in [6, 6.07) is 17.7. The second kappa shape index (κ2) is 9.65. The molecule has 1 saturated heterocycles. The Balaban J connectivity index is 1.47. The molecule has 1 aliphatic rings. The van der Waals surface area contributed by atoms with Gasteiger partial charge < -0.3 is 9.88 Å². The number of carbonyl (C=O) groups excluding carboxylic acids is 1. The Bertz CT molecular complexity index is 1040. The van der Waals surface area contributed by atoms with Crippen molar-refractivity contribution in [2.45, 2.75) is 52.2 Å². The average molecular weight is 422 g/mol. The minimum absolute atomic E-state index is 0.114. The highest BCUT2D eigenvalue weighted by Gasteiger charge is 2.26. The van der Waals surface area contributed by atoms with E-state index in [4.69, 9.17) is 0 Å². The Morgan fingerprint density at radius 1 is 1.10 bits per heavy atom. The summed E-state index contributed by atoms with van der Waals surface area (Å²) in [5.41, 5.74) is 3.36. The summed E-state index contributed by atoms with van der Waals surface area (Å²) < 4.78 is 16.0. The smallest absolute Gasteiger partial charge is 0.223 e. The van der Waals surface area contributed by atoms with Crippen molar-refractivity contribution in [1.82, 2.24) is 14.8 Å². The number of para-hydroxylation sites is 1. The molecule has 1 N–H and O–H groups in total. The van der Waals surface area contributed by atoms with Crippen LogP contribution in [-0.2, 0) is 17.9 Å². The molecule has 1 aromatic heterocycles. The summed E-state index contributed by atoms with van der Waals surface area (Å²) in [6.07, 6.45) is 2.75. The SMILES string of the molecule is CC[C@H](C)NC(=O)C1CCN(Cc2cc3ccccc3n2Cc2cccc(F)c2)CC1. The lowest BCUT2D eigenvalue weighted by atomic mass is 9.95. The number of benzene rings is 2. The highest BCUT2D eigenvalue weighted by atomic mass is 19.1. The minimum atomic E-state index is -0.201. The second-order valence-electron chi connectivity index (χ2n) is 8.78. The summed E-state index contributed by atoms with van der Waals surface area (Å²) in [4.78, 5) is 14.9. The first-order chi connectivity index (χ1) is 15.0. The molecule has 0 aliphatic carbocycles. The molecule has 2 heterocycles. The summed E-state index contributed by atoms with van der Waals surface area (Å²) in [5, 5.41) is 4.34. The molecule has 0 saturated carbocycles. The first-order valence-corrected chi connectivity index (χ1v) is 11.4. The summed E-state index contributed by atoms with van der Waals surface area (Å²) >= 11 is 0. The van der Waals surface area contributed by atoms with Gasteiger partial charge in [-0.15, -0.1) is 0 Å². The Morgan fingerprint density at radius 3 is 2.61 bits per heavy atom. The van der Waals surface area contributed by atoms with E-state index in [1.165, 1.54) is 22.7 Å². The number of rotatable bonds is 7. The molecule has 0 bridgehead atoms. The van der Waals surface area contributed by atoms with Gasteiger partial charge in [-0.2, -0.15) is 0 Å². The van der Waals surface area contributed by atoms with Crippen molar-refractivity contribution in [2.75, 3.05) is 13.1 Å². The van der Waals surface area contributed by atoms with E-state index in [-0.39, 0.29) is 23.7 Å². The second-order valence-corrected chi connectivity index (χ2v) is 8.78. The van der Waals surface area contributed by atoms with E-state index in [9.17, 15) is 9.18 Å². The number of likely N-dealkylation sites (tertiary alicyclic amines) is 1. The van der Waals surface area contributed by atoms with Crippen LogP contribution in [0, 0.1) is 11.7 Å². The van der Waals surface area contributed by atoms with E-state index in [2.05, 4.69) is 59.0 Å². The number of amides is 1. The minimum Gasteiger partial charge on any atom is -0.353 e. The number of hydrogen-bond acceptors (Lipinski definition) is 2. The van der Waals surface area contributed by atoms with Crippen molar-refractivity contribution in [3.63, 3.8) is 0 Å². The normalized spacial score (nSPS) is 16.5. The van der Waals surface area contributed by atoms with E-state index in [0.29, 0.717) is 6.54 Å². The third-order valence-electron chi connectivity index (χ3n) is 6.47. The quantitative estimate of drug-likeness (QED) is 0.586. The van der Waals surface area contributed by atoms with Crippen molar-refractivity contribution >= 4 is 16.8 Å². The van der Waals surface area contributed by atoms with Crippen LogP contribution in [0.3, 0.4) is 0 Å². The van der Waals surface area contributed by atoms with Gasteiger partial charge in [0.25, 0.3) is 0 Å². The number of piperidine rings is 1. The van der Waals surface area contributed by atoms with Gasteiger partial charge in [-0.25, -0.2) is 4.39 Å². The molecule has 164 valence electrons. The highest BCUT2D eigenvalue weighted by Crippen LogP contribution is 2.25. The predicted molar refractivity (Wildman–Crippen MR) is 123 cm³/mol. The Hall–Kier alpha value is -2.66. The van der Waals surface area contributed by atoms with E-state index in [1.54, 1.807) is 12.1 Å². The van der Waals surface area contributed by atoms with Gasteiger partial charge in [0.1, 0.15) is 5.82 Å². The molecule has 1 aliphatic heterocycles. The molecule has 0 unspecified atom stereocenters. The third-order valence-corrected chi connectivity index (χ3v) is 6.47. The van der Waals surface area contributed by atoms with E-state index >= 15 is 0 Å². The molecule has 2 aromatic carbocycles. The zero-order valence-electron chi connectivity index (χ0n) is 18.5. The van der Waals surface area contributed by atoms with Crippen LogP contribution < -0.4 is 5.32 Å². The number of carbonyl (C=O) groups is 1. The fourth-order valence-electron chi connectivity index (χ4n) is 4.45. The van der Waals surface area contributed by atoms with Gasteiger partial charge in [0.2, 0.25) is 5.91 Å². The number of nitrogens with one attached hydrogen (secondary N) is 1. The fraction of sp³-hybridized carbons (Fsp3) is 0.423. The van der Waals surface area contributed by atoms with Crippen LogP contribution in [-0.4, -0.2) is 34.5 Å². The molecular formula is C26H32FN3O. The first-order valence-electron chi connectivity index (χ1n) is 11.4. The maximum atomic E-state index is 13.7. The lowest BCUT2D eigenvalue weighted by Crippen LogP contribution is -2.42. The van der Waals surface area contributed by atoms with Gasteiger partial charge in [0, 0.05) is 36.3 Å². The maximum absolute atomic E-state index is 13.7. The number of aromatic nitrogens is 1. The maximum Gasteiger partial charge on any atom is 0.223 e.